The van der Waals surface area contributed by atoms with Crippen LogP contribution in [0.25, 0.3) is 0 Å². The molecule has 9 rings (SSSR count). The molecule has 6 atom stereocenters. The van der Waals surface area contributed by atoms with Crippen LogP contribution in [0.5, 0.6) is 11.5 Å². The maximum Gasteiger partial charge on any atom is 0.246 e. The van der Waals surface area contributed by atoms with Crippen LogP contribution in [0.3, 0.4) is 0 Å². The summed E-state index contributed by atoms with van der Waals surface area (Å²) in [6.07, 6.45) is 2.39. The number of nitrogens with zero attached hydrogens (tertiary/aromatic N) is 5. The molecule has 12 heteroatoms. The third kappa shape index (κ3) is 6.02. The molecular weight excluding hydrogens is 766 g/mol. The zero-order chi connectivity index (χ0) is 41.2. The van der Waals surface area contributed by atoms with Crippen molar-refractivity contribution in [3.05, 3.63) is 149 Å². The number of amides is 4. The number of methoxy groups -OCH3 is 1. The van der Waals surface area contributed by atoms with Crippen LogP contribution in [-0.2, 0) is 24.6 Å². The zero-order valence-electron chi connectivity index (χ0n) is 32.5. The first kappa shape index (κ1) is 38.0. The van der Waals surface area contributed by atoms with E-state index in [-0.39, 0.29) is 36.2 Å². The van der Waals surface area contributed by atoms with Gasteiger partial charge < -0.3 is 14.7 Å². The van der Waals surface area contributed by atoms with Gasteiger partial charge in [-0.3, -0.25) is 24.1 Å². The minimum Gasteiger partial charge on any atom is -0.504 e. The summed E-state index contributed by atoms with van der Waals surface area (Å²) in [6, 6.07) is 35.4. The summed E-state index contributed by atoms with van der Waals surface area (Å²) in [5.74, 6) is -5.20. The van der Waals surface area contributed by atoms with Gasteiger partial charge in [0.25, 0.3) is 0 Å². The maximum atomic E-state index is 15.4. The number of phenols is 1. The average molecular weight is 806 g/mol. The van der Waals surface area contributed by atoms with Crippen molar-refractivity contribution < 1.29 is 29.0 Å². The van der Waals surface area contributed by atoms with Crippen LogP contribution in [0.1, 0.15) is 29.9 Å². The second-order valence-electron chi connectivity index (χ2n) is 15.7. The summed E-state index contributed by atoms with van der Waals surface area (Å²) in [5.41, 5.74) is 3.54. The van der Waals surface area contributed by atoms with Gasteiger partial charge >= 0.3 is 0 Å². The lowest BCUT2D eigenvalue weighted by molar-refractivity contribution is -0.127. The molecule has 5 aromatic rings. The number of halogens is 1. The first-order valence-electron chi connectivity index (χ1n) is 19.5. The summed E-state index contributed by atoms with van der Waals surface area (Å²) in [5, 5.41) is 20.3. The van der Waals surface area contributed by atoms with Crippen LogP contribution < -0.4 is 19.4 Å². The highest BCUT2D eigenvalue weighted by molar-refractivity contribution is 6.32. The average Bonchev–Trinajstić information content (AvgIpc) is 3.64. The normalized spacial score (nSPS) is 24.9. The molecule has 0 spiro atoms. The van der Waals surface area contributed by atoms with E-state index in [0.717, 1.165) is 11.3 Å². The highest BCUT2D eigenvalue weighted by atomic mass is 35.5. The number of phenolic OH excluding ortho intramolecular Hbond substituents is 1. The van der Waals surface area contributed by atoms with Crippen molar-refractivity contribution in [3.8, 4) is 11.5 Å². The number of ether oxygens (including phenoxy) is 1. The fourth-order valence-corrected chi connectivity index (χ4v) is 10.0. The van der Waals surface area contributed by atoms with Crippen LogP contribution in [-0.4, -0.2) is 49.9 Å². The molecule has 1 saturated carbocycles. The molecule has 0 bridgehead atoms. The first-order valence-corrected chi connectivity index (χ1v) is 19.8. The number of anilines is 3. The number of hydrogen-bond acceptors (Lipinski definition) is 9. The highest BCUT2D eigenvalue weighted by Gasteiger charge is 2.70. The number of allylic oxidation sites excluding steroid dienone is 2. The van der Waals surface area contributed by atoms with Crippen molar-refractivity contribution in [3.63, 3.8) is 0 Å². The molecule has 2 saturated heterocycles. The molecule has 2 aliphatic carbocycles. The molecule has 0 aromatic heterocycles. The quantitative estimate of drug-likeness (QED) is 0.0941. The van der Waals surface area contributed by atoms with Gasteiger partial charge in [-0.1, -0.05) is 65.7 Å². The first-order chi connectivity index (χ1) is 28.5. The van der Waals surface area contributed by atoms with Gasteiger partial charge in [-0.15, -0.1) is 0 Å². The smallest absolute Gasteiger partial charge is 0.246 e. The van der Waals surface area contributed by atoms with Gasteiger partial charge in [-0.05, 0) is 109 Å². The van der Waals surface area contributed by atoms with Crippen molar-refractivity contribution in [2.24, 2.45) is 33.9 Å². The lowest BCUT2D eigenvalue weighted by Gasteiger charge is -2.50. The van der Waals surface area contributed by atoms with E-state index < -0.39 is 46.8 Å². The van der Waals surface area contributed by atoms with Crippen LogP contribution in [0.15, 0.2) is 143 Å². The maximum absolute atomic E-state index is 15.4. The highest BCUT2D eigenvalue weighted by Crippen LogP contribution is 2.65. The molecule has 11 nitrogen and oxygen atoms in total. The third-order valence-corrected chi connectivity index (χ3v) is 12.7. The number of benzene rings is 5. The topological polar surface area (TPSA) is 132 Å². The van der Waals surface area contributed by atoms with E-state index in [4.69, 9.17) is 16.3 Å². The van der Waals surface area contributed by atoms with E-state index in [1.807, 2.05) is 79.7 Å². The Morgan fingerprint density at radius 3 is 2.08 bits per heavy atom. The van der Waals surface area contributed by atoms with Gasteiger partial charge in [-0.25, -0.2) is 4.90 Å². The van der Waals surface area contributed by atoms with Crippen LogP contribution >= 0.6 is 11.6 Å². The van der Waals surface area contributed by atoms with Crippen LogP contribution in [0.4, 0.5) is 28.4 Å². The Balaban J connectivity index is 1.12. The minimum atomic E-state index is -1.47. The number of aromatic hydroxyl groups is 1. The van der Waals surface area contributed by atoms with Gasteiger partial charge in [0.15, 0.2) is 11.5 Å². The van der Waals surface area contributed by atoms with Crippen LogP contribution in [0.2, 0.25) is 5.02 Å². The van der Waals surface area contributed by atoms with Crippen molar-refractivity contribution in [1.29, 1.82) is 0 Å². The lowest BCUT2D eigenvalue weighted by atomic mass is 9.49. The number of carbonyl (C=O) groups excluding carboxylic acids is 4. The third-order valence-electron chi connectivity index (χ3n) is 12.5. The second kappa shape index (κ2) is 14.7. The Kier molecular flexibility index (Phi) is 9.43. The van der Waals surface area contributed by atoms with E-state index in [9.17, 15) is 19.5 Å². The molecule has 3 fully saturated rings. The van der Waals surface area contributed by atoms with E-state index in [1.165, 1.54) is 16.9 Å². The molecule has 2 aliphatic heterocycles. The van der Waals surface area contributed by atoms with E-state index in [1.54, 1.807) is 66.7 Å². The standard InChI is InChI=1S/C47H40ClN5O6/c1-51(2)32-17-13-30(14-18-32)49-50-31-15-19-33(20-16-31)52-43(55)36-22-21-35-37(41(36)45(52)57)26-38-44(56)53(34-11-7-10-29(48)25-34)46(58)47(38,28-8-5-4-6-9-28)42(35)27-12-23-40(59-3)39(54)24-27/h4-21,23-25,36-38,41-42,54H,22,26H2,1-3H3. The Morgan fingerprint density at radius 2 is 1.44 bits per heavy atom. The molecular formula is C47H40ClN5O6. The number of hydrogen-bond donors (Lipinski definition) is 1. The van der Waals surface area contributed by atoms with Crippen molar-refractivity contribution in [2.45, 2.75) is 24.2 Å². The monoisotopic (exact) mass is 805 g/mol. The lowest BCUT2D eigenvalue weighted by Crippen LogP contribution is -2.53. The molecule has 6 unspecified atom stereocenters. The van der Waals surface area contributed by atoms with Crippen molar-refractivity contribution in [1.82, 2.24) is 0 Å². The van der Waals surface area contributed by atoms with Gasteiger partial charge in [0, 0.05) is 30.7 Å². The fraction of sp³-hybridized carbons (Fsp3) is 0.234. The van der Waals surface area contributed by atoms with Crippen molar-refractivity contribution in [2.75, 3.05) is 35.9 Å². The fourth-order valence-electron chi connectivity index (χ4n) is 9.86. The van der Waals surface area contributed by atoms with Gasteiger partial charge in [0.2, 0.25) is 23.6 Å². The molecule has 0 radical (unpaired) electrons. The van der Waals surface area contributed by atoms with E-state index in [2.05, 4.69) is 10.2 Å². The molecule has 4 amide bonds. The molecule has 2 heterocycles. The van der Waals surface area contributed by atoms with E-state index in [0.29, 0.717) is 38.9 Å². The summed E-state index contributed by atoms with van der Waals surface area (Å²) >= 11 is 6.43. The Hall–Kier alpha value is -6.59. The van der Waals surface area contributed by atoms with Gasteiger partial charge in [0.05, 0.1) is 53.0 Å². The molecule has 59 heavy (non-hydrogen) atoms. The molecule has 4 aliphatic rings. The number of imide groups is 2. The van der Waals surface area contributed by atoms with Gasteiger partial charge in [0.1, 0.15) is 0 Å². The summed E-state index contributed by atoms with van der Waals surface area (Å²) in [6.45, 7) is 0. The predicted molar refractivity (Wildman–Crippen MR) is 225 cm³/mol. The Morgan fingerprint density at radius 1 is 0.746 bits per heavy atom. The minimum absolute atomic E-state index is 0.131. The molecule has 296 valence electrons. The van der Waals surface area contributed by atoms with Gasteiger partial charge in [-0.2, -0.15) is 10.2 Å². The summed E-state index contributed by atoms with van der Waals surface area (Å²) in [4.78, 5) is 64.0. The largest absolute Gasteiger partial charge is 0.504 e. The molecule has 1 N–H and O–H groups in total. The van der Waals surface area contributed by atoms with E-state index >= 15 is 4.79 Å². The van der Waals surface area contributed by atoms with Crippen molar-refractivity contribution >= 4 is 63.7 Å². The number of carbonyl (C=O) groups is 4. The Labute approximate surface area is 346 Å². The Bertz CT molecular complexity index is 2580. The summed E-state index contributed by atoms with van der Waals surface area (Å²) in [7, 11) is 5.38. The predicted octanol–water partition coefficient (Wildman–Crippen LogP) is 8.90. The number of rotatable bonds is 8. The molecule has 5 aromatic carbocycles. The zero-order valence-corrected chi connectivity index (χ0v) is 33.3. The SMILES string of the molecule is COc1ccc(C2C3=CCC4C(=O)N(c5ccc(N=Nc6ccc(N(C)C)cc6)cc5)C(=O)C4C3CC3C(=O)N(c4cccc(Cl)c4)C(=O)C32c2ccccc2)cc1O. The number of azo groups is 1. The second-order valence-corrected chi connectivity index (χ2v) is 16.1. The number of fused-ring (bicyclic) bond motifs is 4. The van der Waals surface area contributed by atoms with Crippen LogP contribution in [0, 0.1) is 23.7 Å². The summed E-state index contributed by atoms with van der Waals surface area (Å²) < 4.78 is 5.40.